The zero-order valence-electron chi connectivity index (χ0n) is 21.1. The fraction of sp³-hybridized carbons (Fsp3) is 0.286. The molecule has 3 aliphatic rings. The summed E-state index contributed by atoms with van der Waals surface area (Å²) in [5.41, 5.74) is 5.26. The Morgan fingerprint density at radius 1 is 1.03 bits per heavy atom. The third kappa shape index (κ3) is 3.76. The van der Waals surface area contributed by atoms with Crippen LogP contribution in [0.15, 0.2) is 59.5 Å². The van der Waals surface area contributed by atoms with Crippen LogP contribution in [0, 0.1) is 0 Å². The molecule has 38 heavy (non-hydrogen) atoms. The van der Waals surface area contributed by atoms with Crippen LogP contribution in [-0.2, 0) is 24.4 Å². The van der Waals surface area contributed by atoms with Crippen molar-refractivity contribution in [1.82, 2.24) is 24.2 Å². The van der Waals surface area contributed by atoms with Gasteiger partial charge < -0.3 is 15.0 Å². The lowest BCUT2D eigenvalue weighted by atomic mass is 10.1. The fourth-order valence-electron chi connectivity index (χ4n) is 5.51. The Balaban J connectivity index is 1.36. The Hall–Kier alpha value is -4.44. The van der Waals surface area contributed by atoms with E-state index in [0.717, 1.165) is 37.3 Å². The van der Waals surface area contributed by atoms with Crippen molar-refractivity contribution < 1.29 is 9.53 Å². The largest absolute Gasteiger partial charge is 0.482 e. The second-order valence-corrected chi connectivity index (χ2v) is 10.0. The molecule has 0 radical (unpaired) electrons. The van der Waals surface area contributed by atoms with Crippen LogP contribution < -0.4 is 20.5 Å². The molecule has 0 atom stereocenters. The second-order valence-electron chi connectivity index (χ2n) is 10.0. The van der Waals surface area contributed by atoms with E-state index in [1.54, 1.807) is 15.8 Å². The molecule has 4 aromatic rings. The van der Waals surface area contributed by atoms with Crippen molar-refractivity contribution in [2.45, 2.75) is 32.5 Å². The molecular formula is C28H27N7O3. The standard InChI is InChI=1S/C28H27N7O3/c1-32-15-18-6-7-20(12-19(18)16-32)30-28-29-14-22-26(31-28)35-21-8-9-24-23(13-21)33(25(36)17-38-24)10-4-2-3-5-11-34(35)27(22)37/h3,5-9,12-14H,2,4,10-11,15-17H2,1H3,(H,29,30,31)/b5-3-. The van der Waals surface area contributed by atoms with Crippen LogP contribution in [0.1, 0.15) is 24.0 Å². The SMILES string of the molecule is CN1Cc2ccc(Nc3ncc4c(=O)n5n(c4n3)-c3ccc4c(c3)N(CCC/C=C\C5)C(=O)CO4)cc2C1. The number of nitrogens with one attached hydrogen (secondary N) is 1. The van der Waals surface area contributed by atoms with E-state index < -0.39 is 0 Å². The predicted octanol–water partition coefficient (Wildman–Crippen LogP) is 3.35. The molecule has 0 saturated heterocycles. The molecule has 0 spiro atoms. The highest BCUT2D eigenvalue weighted by atomic mass is 16.5. The van der Waals surface area contributed by atoms with Gasteiger partial charge in [-0.2, -0.15) is 4.98 Å². The number of benzene rings is 2. The van der Waals surface area contributed by atoms with Crippen molar-refractivity contribution in [2.24, 2.45) is 0 Å². The van der Waals surface area contributed by atoms with Crippen LogP contribution in [0.4, 0.5) is 17.3 Å². The zero-order chi connectivity index (χ0) is 25.8. The van der Waals surface area contributed by atoms with Crippen LogP contribution >= 0.6 is 0 Å². The Kier molecular flexibility index (Phi) is 5.29. The molecule has 192 valence electrons. The summed E-state index contributed by atoms with van der Waals surface area (Å²) in [6.45, 7) is 2.88. The van der Waals surface area contributed by atoms with Gasteiger partial charge in [-0.15, -0.1) is 0 Å². The van der Waals surface area contributed by atoms with Gasteiger partial charge in [0, 0.05) is 31.5 Å². The van der Waals surface area contributed by atoms with Gasteiger partial charge in [-0.25, -0.2) is 14.3 Å². The Morgan fingerprint density at radius 2 is 1.92 bits per heavy atom. The van der Waals surface area contributed by atoms with Crippen LogP contribution in [0.25, 0.3) is 16.7 Å². The summed E-state index contributed by atoms with van der Waals surface area (Å²) in [5.74, 6) is 0.995. The number of fused-ring (bicyclic) bond motifs is 6. The molecule has 7 rings (SSSR count). The summed E-state index contributed by atoms with van der Waals surface area (Å²) in [6, 6.07) is 11.9. The molecule has 1 amide bonds. The first-order valence-electron chi connectivity index (χ1n) is 12.8. The molecule has 5 heterocycles. The lowest BCUT2D eigenvalue weighted by Gasteiger charge is -2.30. The van der Waals surface area contributed by atoms with Gasteiger partial charge >= 0.3 is 0 Å². The molecule has 1 N–H and O–H groups in total. The number of allylic oxidation sites excluding steroid dienone is 2. The number of amides is 1. The highest BCUT2D eigenvalue weighted by molar-refractivity contribution is 5.98. The smallest absolute Gasteiger partial charge is 0.278 e. The van der Waals surface area contributed by atoms with Gasteiger partial charge in [-0.05, 0) is 61.3 Å². The van der Waals surface area contributed by atoms with Crippen molar-refractivity contribution in [3.63, 3.8) is 0 Å². The quantitative estimate of drug-likeness (QED) is 0.414. The summed E-state index contributed by atoms with van der Waals surface area (Å²) in [4.78, 5) is 39.5. The monoisotopic (exact) mass is 509 g/mol. The number of carbonyl (C=O) groups excluding carboxylic acids is 1. The van der Waals surface area contributed by atoms with E-state index in [0.29, 0.717) is 41.5 Å². The molecular weight excluding hydrogens is 482 g/mol. The van der Waals surface area contributed by atoms with E-state index in [4.69, 9.17) is 9.72 Å². The topological polar surface area (TPSA) is 97.5 Å². The molecule has 0 fully saturated rings. The second kappa shape index (κ2) is 8.84. The highest BCUT2D eigenvalue weighted by Gasteiger charge is 2.27. The maximum atomic E-state index is 13.5. The van der Waals surface area contributed by atoms with E-state index in [9.17, 15) is 9.59 Å². The van der Waals surface area contributed by atoms with Crippen molar-refractivity contribution in [1.29, 1.82) is 0 Å². The van der Waals surface area contributed by atoms with Crippen LogP contribution in [-0.4, -0.2) is 50.3 Å². The van der Waals surface area contributed by atoms with Crippen LogP contribution in [0.3, 0.4) is 0 Å². The first-order chi connectivity index (χ1) is 18.5. The average Bonchev–Trinajstić information content (AvgIpc) is 3.41. The molecule has 2 aromatic carbocycles. The minimum Gasteiger partial charge on any atom is -0.482 e. The van der Waals surface area contributed by atoms with E-state index in [-0.39, 0.29) is 18.1 Å². The van der Waals surface area contributed by atoms with Crippen molar-refractivity contribution in [3.05, 3.63) is 76.2 Å². The third-order valence-corrected chi connectivity index (χ3v) is 7.35. The number of ether oxygens (including phenoxy) is 1. The Bertz CT molecular complexity index is 1690. The van der Waals surface area contributed by atoms with Crippen molar-refractivity contribution >= 4 is 34.3 Å². The van der Waals surface area contributed by atoms with Gasteiger partial charge in [0.15, 0.2) is 12.3 Å². The molecule has 0 aliphatic carbocycles. The summed E-state index contributed by atoms with van der Waals surface area (Å²) in [5, 5.41) is 3.75. The predicted molar refractivity (Wildman–Crippen MR) is 144 cm³/mol. The maximum Gasteiger partial charge on any atom is 0.278 e. The molecule has 10 nitrogen and oxygen atoms in total. The number of hydrogen-bond donors (Lipinski definition) is 1. The zero-order valence-corrected chi connectivity index (χ0v) is 21.1. The summed E-state index contributed by atoms with van der Waals surface area (Å²) in [7, 11) is 2.11. The summed E-state index contributed by atoms with van der Waals surface area (Å²) in [6.07, 6.45) is 7.26. The normalized spacial score (nSPS) is 17.8. The van der Waals surface area contributed by atoms with Gasteiger partial charge in [0.05, 0.1) is 17.9 Å². The molecule has 2 aromatic heterocycles. The molecule has 0 unspecified atom stereocenters. The average molecular weight is 510 g/mol. The lowest BCUT2D eigenvalue weighted by molar-refractivity contribution is -0.121. The third-order valence-electron chi connectivity index (χ3n) is 7.35. The Morgan fingerprint density at radius 3 is 2.84 bits per heavy atom. The number of hydrogen-bond acceptors (Lipinski definition) is 7. The minimum absolute atomic E-state index is 0.0284. The first-order valence-corrected chi connectivity index (χ1v) is 12.8. The molecule has 0 saturated carbocycles. The van der Waals surface area contributed by atoms with E-state index >= 15 is 0 Å². The van der Waals surface area contributed by atoms with Gasteiger partial charge in [0.2, 0.25) is 5.95 Å². The van der Waals surface area contributed by atoms with Crippen LogP contribution in [0.2, 0.25) is 0 Å². The van der Waals surface area contributed by atoms with Crippen molar-refractivity contribution in [2.75, 3.05) is 30.4 Å². The fourth-order valence-corrected chi connectivity index (χ4v) is 5.51. The van der Waals surface area contributed by atoms with Gasteiger partial charge in [0.25, 0.3) is 11.5 Å². The molecule has 3 aliphatic heterocycles. The van der Waals surface area contributed by atoms with Gasteiger partial charge in [-0.1, -0.05) is 18.2 Å². The maximum absolute atomic E-state index is 13.5. The highest BCUT2D eigenvalue weighted by Crippen LogP contribution is 2.35. The number of anilines is 3. The summed E-state index contributed by atoms with van der Waals surface area (Å²) >= 11 is 0. The van der Waals surface area contributed by atoms with Gasteiger partial charge in [0.1, 0.15) is 11.1 Å². The Labute approximate surface area is 218 Å². The number of nitrogens with zero attached hydrogens (tertiary/aromatic N) is 6. The number of rotatable bonds is 2. The summed E-state index contributed by atoms with van der Waals surface area (Å²) < 4.78 is 9.17. The van der Waals surface area contributed by atoms with E-state index in [1.807, 2.05) is 35.0 Å². The molecule has 2 bridgehead atoms. The van der Waals surface area contributed by atoms with Crippen molar-refractivity contribution in [3.8, 4) is 11.4 Å². The molecule has 10 heteroatoms. The minimum atomic E-state index is -0.171. The number of carbonyl (C=O) groups is 1. The number of aromatic nitrogens is 4. The van der Waals surface area contributed by atoms with E-state index in [1.165, 1.54) is 11.1 Å². The lowest BCUT2D eigenvalue weighted by Crippen LogP contribution is -2.39. The first kappa shape index (κ1) is 22.7. The van der Waals surface area contributed by atoms with Crippen LogP contribution in [0.5, 0.6) is 5.75 Å². The van der Waals surface area contributed by atoms with Gasteiger partial charge in [-0.3, -0.25) is 14.5 Å². The van der Waals surface area contributed by atoms with E-state index in [2.05, 4.69) is 40.5 Å².